The number of rotatable bonds is 10. The van der Waals surface area contributed by atoms with Crippen LogP contribution in [0.1, 0.15) is 36.6 Å². The van der Waals surface area contributed by atoms with E-state index in [1.165, 1.54) is 0 Å². The average Bonchev–Trinajstić information content (AvgIpc) is 3.06. The van der Waals surface area contributed by atoms with Gasteiger partial charge in [0.1, 0.15) is 0 Å². The molecule has 1 N–H and O–H groups in total. The van der Waals surface area contributed by atoms with Gasteiger partial charge in [-0.05, 0) is 48.4 Å². The summed E-state index contributed by atoms with van der Waals surface area (Å²) in [5.74, 6) is -1.92. The number of hydrogen-bond acceptors (Lipinski definition) is 8. The molecule has 0 aliphatic carbocycles. The van der Waals surface area contributed by atoms with Crippen molar-refractivity contribution in [3.05, 3.63) is 144 Å². The standard InChI is InChI=1S/C35H33NO7/c37-24-29-31(42-34(39)27-17-9-3-10-18-27)32(43-35(40)28-19-11-4-12-20-28)30(41-33(38)26-15-7-2-8-16-26)23-36(29)22-21-25-13-5-1-6-14-25/h1-20,29-32,37H,21-24H2/t29-,30+,31-,32-/m1/s1. The van der Waals surface area contributed by atoms with E-state index in [1.807, 2.05) is 35.2 Å². The Morgan fingerprint density at radius 1 is 0.605 bits per heavy atom. The van der Waals surface area contributed by atoms with E-state index >= 15 is 0 Å². The van der Waals surface area contributed by atoms with Crippen molar-refractivity contribution >= 4 is 17.9 Å². The van der Waals surface area contributed by atoms with Gasteiger partial charge in [0.2, 0.25) is 0 Å². The van der Waals surface area contributed by atoms with Crippen molar-refractivity contribution in [3.8, 4) is 0 Å². The lowest BCUT2D eigenvalue weighted by molar-refractivity contribution is -0.153. The lowest BCUT2D eigenvalue weighted by atomic mass is 9.92. The van der Waals surface area contributed by atoms with Crippen LogP contribution >= 0.6 is 0 Å². The summed E-state index contributed by atoms with van der Waals surface area (Å²) in [6.07, 6.45) is -2.72. The average molecular weight is 580 g/mol. The van der Waals surface area contributed by atoms with Crippen LogP contribution in [-0.4, -0.2) is 72.0 Å². The number of piperidine rings is 1. The van der Waals surface area contributed by atoms with Gasteiger partial charge in [0.05, 0.1) is 29.3 Å². The molecule has 0 radical (unpaired) electrons. The molecular formula is C35H33NO7. The number of aliphatic hydroxyl groups excluding tert-OH is 1. The van der Waals surface area contributed by atoms with Crippen molar-refractivity contribution in [2.45, 2.75) is 30.8 Å². The first-order valence-corrected chi connectivity index (χ1v) is 14.2. The van der Waals surface area contributed by atoms with E-state index in [9.17, 15) is 19.5 Å². The van der Waals surface area contributed by atoms with Crippen molar-refractivity contribution in [2.24, 2.45) is 0 Å². The van der Waals surface area contributed by atoms with E-state index in [2.05, 4.69) is 0 Å². The Labute approximate surface area is 250 Å². The Balaban J connectivity index is 1.49. The number of carbonyl (C=O) groups excluding carboxylic acids is 3. The molecule has 4 atom stereocenters. The molecule has 8 nitrogen and oxygen atoms in total. The lowest BCUT2D eigenvalue weighted by Gasteiger charge is -2.46. The molecule has 1 aliphatic rings. The Hall–Kier alpha value is -4.79. The first-order valence-electron chi connectivity index (χ1n) is 14.2. The Kier molecular flexibility index (Phi) is 9.94. The van der Waals surface area contributed by atoms with Gasteiger partial charge in [0.25, 0.3) is 0 Å². The van der Waals surface area contributed by atoms with Gasteiger partial charge >= 0.3 is 17.9 Å². The van der Waals surface area contributed by atoms with Crippen molar-refractivity contribution in [3.63, 3.8) is 0 Å². The lowest BCUT2D eigenvalue weighted by Crippen LogP contribution is -2.65. The van der Waals surface area contributed by atoms with Crippen molar-refractivity contribution in [1.82, 2.24) is 4.90 Å². The summed E-state index contributed by atoms with van der Waals surface area (Å²) in [6.45, 7) is 0.219. The highest BCUT2D eigenvalue weighted by atomic mass is 16.6. The summed E-state index contributed by atoms with van der Waals surface area (Å²) >= 11 is 0. The van der Waals surface area contributed by atoms with Crippen LogP contribution in [0, 0.1) is 0 Å². The molecule has 8 heteroatoms. The van der Waals surface area contributed by atoms with Crippen molar-refractivity contribution < 1.29 is 33.7 Å². The summed E-state index contributed by atoms with van der Waals surface area (Å²) in [5, 5.41) is 10.6. The van der Waals surface area contributed by atoms with E-state index in [-0.39, 0.29) is 18.7 Å². The van der Waals surface area contributed by atoms with Gasteiger partial charge in [-0.2, -0.15) is 0 Å². The van der Waals surface area contributed by atoms with Crippen LogP contribution in [0.3, 0.4) is 0 Å². The summed E-state index contributed by atoms with van der Waals surface area (Å²) in [7, 11) is 0. The van der Waals surface area contributed by atoms with Gasteiger partial charge in [0.15, 0.2) is 18.3 Å². The second-order valence-electron chi connectivity index (χ2n) is 10.3. The summed E-state index contributed by atoms with van der Waals surface area (Å²) in [6, 6.07) is 34.4. The van der Waals surface area contributed by atoms with Crippen molar-refractivity contribution in [2.75, 3.05) is 19.7 Å². The Morgan fingerprint density at radius 3 is 1.49 bits per heavy atom. The third kappa shape index (κ3) is 7.54. The number of likely N-dealkylation sites (tertiary alicyclic amines) is 1. The first kappa shape index (κ1) is 29.7. The zero-order chi connectivity index (χ0) is 30.0. The molecule has 0 unspecified atom stereocenters. The van der Waals surface area contributed by atoms with Crippen LogP contribution in [0.15, 0.2) is 121 Å². The SMILES string of the molecule is O=C(O[C@H]1[C@H](OC(=O)c2ccccc2)[C@@H](CO)N(CCc2ccccc2)C[C@@H]1OC(=O)c1ccccc1)c1ccccc1. The fourth-order valence-electron chi connectivity index (χ4n) is 5.21. The van der Waals surface area contributed by atoms with Crippen LogP contribution in [0.2, 0.25) is 0 Å². The maximum atomic E-state index is 13.3. The zero-order valence-electron chi connectivity index (χ0n) is 23.5. The van der Waals surface area contributed by atoms with Crippen LogP contribution in [0.25, 0.3) is 0 Å². The molecule has 4 aromatic rings. The minimum atomic E-state index is -1.20. The second kappa shape index (κ2) is 14.4. The highest BCUT2D eigenvalue weighted by Crippen LogP contribution is 2.29. The third-order valence-corrected chi connectivity index (χ3v) is 7.44. The largest absolute Gasteiger partial charge is 0.453 e. The molecule has 43 heavy (non-hydrogen) atoms. The minimum Gasteiger partial charge on any atom is -0.453 e. The van der Waals surface area contributed by atoms with E-state index < -0.39 is 42.3 Å². The number of benzene rings is 4. The molecule has 220 valence electrons. The van der Waals surface area contributed by atoms with Gasteiger partial charge in [-0.1, -0.05) is 84.9 Å². The summed E-state index contributed by atoms with van der Waals surface area (Å²) < 4.78 is 18.0. The number of nitrogens with zero attached hydrogens (tertiary/aromatic N) is 1. The monoisotopic (exact) mass is 579 g/mol. The van der Waals surface area contributed by atoms with Gasteiger partial charge < -0.3 is 19.3 Å². The van der Waals surface area contributed by atoms with Crippen LogP contribution in [-0.2, 0) is 20.6 Å². The van der Waals surface area contributed by atoms with E-state index in [0.29, 0.717) is 24.1 Å². The highest BCUT2D eigenvalue weighted by molar-refractivity contribution is 5.91. The second-order valence-corrected chi connectivity index (χ2v) is 10.3. The topological polar surface area (TPSA) is 102 Å². The fraction of sp³-hybridized carbons (Fsp3) is 0.229. The molecule has 1 aliphatic heterocycles. The van der Waals surface area contributed by atoms with E-state index in [1.54, 1.807) is 91.0 Å². The van der Waals surface area contributed by atoms with Gasteiger partial charge in [-0.15, -0.1) is 0 Å². The molecular weight excluding hydrogens is 546 g/mol. The van der Waals surface area contributed by atoms with Crippen LogP contribution in [0.4, 0.5) is 0 Å². The van der Waals surface area contributed by atoms with Gasteiger partial charge in [-0.25, -0.2) is 14.4 Å². The molecule has 4 aromatic carbocycles. The summed E-state index contributed by atoms with van der Waals surface area (Å²) in [5.41, 5.74) is 1.99. The molecule has 0 aromatic heterocycles. The molecule has 0 amide bonds. The zero-order valence-corrected chi connectivity index (χ0v) is 23.5. The van der Waals surface area contributed by atoms with Crippen LogP contribution in [0.5, 0.6) is 0 Å². The minimum absolute atomic E-state index is 0.142. The Bertz CT molecular complexity index is 1480. The molecule has 1 saturated heterocycles. The summed E-state index contributed by atoms with van der Waals surface area (Å²) in [4.78, 5) is 41.9. The van der Waals surface area contributed by atoms with E-state index in [0.717, 1.165) is 5.56 Å². The molecule has 5 rings (SSSR count). The maximum Gasteiger partial charge on any atom is 0.338 e. The quantitative estimate of drug-likeness (QED) is 0.215. The maximum absolute atomic E-state index is 13.3. The molecule has 0 saturated carbocycles. The van der Waals surface area contributed by atoms with Crippen LogP contribution < -0.4 is 0 Å². The fourth-order valence-corrected chi connectivity index (χ4v) is 5.21. The van der Waals surface area contributed by atoms with Gasteiger partial charge in [-0.3, -0.25) is 4.90 Å². The normalized spacial score (nSPS) is 20.1. The number of hydrogen-bond donors (Lipinski definition) is 1. The molecule has 0 spiro atoms. The highest BCUT2D eigenvalue weighted by Gasteiger charge is 2.50. The van der Waals surface area contributed by atoms with Gasteiger partial charge in [0, 0.05) is 13.1 Å². The number of aliphatic hydroxyl groups is 1. The predicted molar refractivity (Wildman–Crippen MR) is 160 cm³/mol. The number of carbonyl (C=O) groups is 3. The molecule has 1 fully saturated rings. The third-order valence-electron chi connectivity index (χ3n) is 7.44. The molecule has 1 heterocycles. The molecule has 0 bridgehead atoms. The predicted octanol–water partition coefficient (Wildman–Crippen LogP) is 4.58. The first-order chi connectivity index (χ1) is 21.0. The smallest absolute Gasteiger partial charge is 0.338 e. The number of ether oxygens (including phenoxy) is 3. The van der Waals surface area contributed by atoms with Crippen molar-refractivity contribution in [1.29, 1.82) is 0 Å². The number of esters is 3. The Morgan fingerprint density at radius 2 is 1.02 bits per heavy atom. The van der Waals surface area contributed by atoms with E-state index in [4.69, 9.17) is 14.2 Å².